The quantitative estimate of drug-likeness (QED) is 0.649. The molecular weight excluding hydrogens is 430 g/mol. The van der Waals surface area contributed by atoms with Crippen LogP contribution in [0.2, 0.25) is 0 Å². The predicted octanol–water partition coefficient (Wildman–Crippen LogP) is 2.35. The SMILES string of the molecule is COc1ccc(OC)c(CN2CCN(C(=O)c3cccc(S(=O)(=O)NC(C)C)c3)CC2)c1. The first-order valence-corrected chi connectivity index (χ1v) is 12.1. The van der Waals surface area contributed by atoms with E-state index in [2.05, 4.69) is 9.62 Å². The molecule has 0 bridgehead atoms. The normalized spacial score (nSPS) is 15.1. The second kappa shape index (κ2) is 10.3. The number of sulfonamides is 1. The highest BCUT2D eigenvalue weighted by atomic mass is 32.2. The summed E-state index contributed by atoms with van der Waals surface area (Å²) in [6.07, 6.45) is 0. The zero-order valence-electron chi connectivity index (χ0n) is 19.0. The van der Waals surface area contributed by atoms with Crippen LogP contribution >= 0.6 is 0 Å². The van der Waals surface area contributed by atoms with Crippen molar-refractivity contribution < 1.29 is 22.7 Å². The number of rotatable bonds is 8. The number of benzene rings is 2. The van der Waals surface area contributed by atoms with Crippen molar-refractivity contribution in [2.24, 2.45) is 0 Å². The van der Waals surface area contributed by atoms with Crippen LogP contribution in [0.15, 0.2) is 47.4 Å². The molecule has 0 aromatic heterocycles. The molecule has 0 radical (unpaired) electrons. The minimum atomic E-state index is -3.65. The molecule has 0 saturated carbocycles. The molecule has 32 heavy (non-hydrogen) atoms. The number of ether oxygens (including phenoxy) is 2. The Morgan fingerprint density at radius 2 is 1.75 bits per heavy atom. The molecule has 0 atom stereocenters. The van der Waals surface area contributed by atoms with Crippen LogP contribution in [0.25, 0.3) is 0 Å². The van der Waals surface area contributed by atoms with E-state index in [-0.39, 0.29) is 16.8 Å². The molecule has 1 aliphatic rings. The van der Waals surface area contributed by atoms with E-state index in [0.29, 0.717) is 38.3 Å². The minimum absolute atomic E-state index is 0.0980. The molecule has 2 aromatic rings. The lowest BCUT2D eigenvalue weighted by Crippen LogP contribution is -2.48. The van der Waals surface area contributed by atoms with Gasteiger partial charge in [0.15, 0.2) is 0 Å². The number of nitrogens with zero attached hydrogens (tertiary/aromatic N) is 2. The number of hydrogen-bond acceptors (Lipinski definition) is 6. The molecular formula is C23H31N3O5S. The fourth-order valence-electron chi connectivity index (χ4n) is 3.71. The first-order chi connectivity index (χ1) is 15.2. The molecule has 1 heterocycles. The fourth-order valence-corrected chi connectivity index (χ4v) is 5.01. The van der Waals surface area contributed by atoms with Gasteiger partial charge in [-0.1, -0.05) is 6.07 Å². The van der Waals surface area contributed by atoms with E-state index in [1.54, 1.807) is 45.1 Å². The largest absolute Gasteiger partial charge is 0.497 e. The van der Waals surface area contributed by atoms with E-state index in [1.807, 2.05) is 18.2 Å². The van der Waals surface area contributed by atoms with Gasteiger partial charge in [0.25, 0.3) is 5.91 Å². The Bertz CT molecular complexity index is 1050. The smallest absolute Gasteiger partial charge is 0.253 e. The van der Waals surface area contributed by atoms with Gasteiger partial charge in [-0.25, -0.2) is 13.1 Å². The minimum Gasteiger partial charge on any atom is -0.497 e. The number of amides is 1. The Labute approximate surface area is 190 Å². The van der Waals surface area contributed by atoms with Crippen LogP contribution in [0.5, 0.6) is 11.5 Å². The van der Waals surface area contributed by atoms with Gasteiger partial charge in [0, 0.05) is 49.9 Å². The van der Waals surface area contributed by atoms with Crippen LogP contribution in [-0.4, -0.2) is 70.6 Å². The standard InChI is InChI=1S/C23H31N3O5S/c1-17(2)24-32(28,29)21-7-5-6-18(15-21)23(27)26-12-10-25(11-13-26)16-19-14-20(30-3)8-9-22(19)31-4/h5-9,14-15,17,24H,10-13,16H2,1-4H3. The van der Waals surface area contributed by atoms with Crippen molar-refractivity contribution in [2.45, 2.75) is 31.3 Å². The lowest BCUT2D eigenvalue weighted by Gasteiger charge is -2.35. The highest BCUT2D eigenvalue weighted by Crippen LogP contribution is 2.26. The second-order valence-corrected chi connectivity index (χ2v) is 9.76. The molecule has 3 rings (SSSR count). The number of carbonyl (C=O) groups excluding carboxylic acids is 1. The fraction of sp³-hybridized carbons (Fsp3) is 0.435. The zero-order chi connectivity index (χ0) is 23.3. The number of carbonyl (C=O) groups is 1. The summed E-state index contributed by atoms with van der Waals surface area (Å²) in [6.45, 7) is 6.74. The molecule has 0 aliphatic carbocycles. The Kier molecular flexibility index (Phi) is 7.76. The maximum atomic E-state index is 13.0. The van der Waals surface area contributed by atoms with Gasteiger partial charge in [-0.05, 0) is 50.2 Å². The molecule has 2 aromatic carbocycles. The van der Waals surface area contributed by atoms with E-state index in [0.717, 1.165) is 17.1 Å². The molecule has 1 N–H and O–H groups in total. The van der Waals surface area contributed by atoms with Crippen molar-refractivity contribution in [1.29, 1.82) is 0 Å². The Balaban J connectivity index is 1.65. The molecule has 0 spiro atoms. The lowest BCUT2D eigenvalue weighted by molar-refractivity contribution is 0.0627. The summed E-state index contributed by atoms with van der Waals surface area (Å²) in [5, 5.41) is 0. The van der Waals surface area contributed by atoms with Gasteiger partial charge in [0.1, 0.15) is 11.5 Å². The van der Waals surface area contributed by atoms with Gasteiger partial charge >= 0.3 is 0 Å². The van der Waals surface area contributed by atoms with Crippen molar-refractivity contribution in [1.82, 2.24) is 14.5 Å². The summed E-state index contributed by atoms with van der Waals surface area (Å²) < 4.78 is 38.2. The van der Waals surface area contributed by atoms with Gasteiger partial charge in [-0.3, -0.25) is 9.69 Å². The first-order valence-electron chi connectivity index (χ1n) is 10.6. The van der Waals surface area contributed by atoms with Crippen molar-refractivity contribution in [3.63, 3.8) is 0 Å². The van der Waals surface area contributed by atoms with Crippen LogP contribution in [-0.2, 0) is 16.6 Å². The van der Waals surface area contributed by atoms with E-state index in [1.165, 1.54) is 12.1 Å². The average Bonchev–Trinajstić information content (AvgIpc) is 2.78. The van der Waals surface area contributed by atoms with Crippen molar-refractivity contribution in [3.05, 3.63) is 53.6 Å². The summed E-state index contributed by atoms with van der Waals surface area (Å²) in [5.74, 6) is 1.42. The Morgan fingerprint density at radius 1 is 1.03 bits per heavy atom. The third-order valence-electron chi connectivity index (χ3n) is 5.32. The lowest BCUT2D eigenvalue weighted by atomic mass is 10.1. The molecule has 0 unspecified atom stereocenters. The monoisotopic (exact) mass is 461 g/mol. The van der Waals surface area contributed by atoms with Crippen LogP contribution in [0.3, 0.4) is 0 Å². The van der Waals surface area contributed by atoms with Gasteiger partial charge in [-0.2, -0.15) is 0 Å². The number of piperazine rings is 1. The zero-order valence-corrected chi connectivity index (χ0v) is 19.8. The Morgan fingerprint density at radius 3 is 2.38 bits per heavy atom. The second-order valence-electron chi connectivity index (χ2n) is 8.05. The van der Waals surface area contributed by atoms with Crippen LogP contribution in [0.4, 0.5) is 0 Å². The van der Waals surface area contributed by atoms with Crippen molar-refractivity contribution in [3.8, 4) is 11.5 Å². The molecule has 1 amide bonds. The number of nitrogens with one attached hydrogen (secondary N) is 1. The van der Waals surface area contributed by atoms with Crippen molar-refractivity contribution >= 4 is 15.9 Å². The van der Waals surface area contributed by atoms with E-state index < -0.39 is 10.0 Å². The third-order valence-corrected chi connectivity index (χ3v) is 6.98. The maximum absolute atomic E-state index is 13.0. The predicted molar refractivity (Wildman–Crippen MR) is 123 cm³/mol. The third kappa shape index (κ3) is 5.79. The Hall–Kier alpha value is -2.62. The number of methoxy groups -OCH3 is 2. The summed E-state index contributed by atoms with van der Waals surface area (Å²) in [5.41, 5.74) is 1.40. The molecule has 174 valence electrons. The highest BCUT2D eigenvalue weighted by Gasteiger charge is 2.24. The van der Waals surface area contributed by atoms with Gasteiger partial charge in [0.05, 0.1) is 19.1 Å². The van der Waals surface area contributed by atoms with E-state index >= 15 is 0 Å². The van der Waals surface area contributed by atoms with Crippen LogP contribution < -0.4 is 14.2 Å². The summed E-state index contributed by atoms with van der Waals surface area (Å²) in [7, 11) is -0.373. The average molecular weight is 462 g/mol. The van der Waals surface area contributed by atoms with Crippen LogP contribution in [0.1, 0.15) is 29.8 Å². The van der Waals surface area contributed by atoms with Gasteiger partial charge in [-0.15, -0.1) is 0 Å². The molecule has 1 fully saturated rings. The van der Waals surface area contributed by atoms with Gasteiger partial charge < -0.3 is 14.4 Å². The maximum Gasteiger partial charge on any atom is 0.253 e. The van der Waals surface area contributed by atoms with E-state index in [4.69, 9.17) is 9.47 Å². The molecule has 1 aliphatic heterocycles. The topological polar surface area (TPSA) is 88.2 Å². The number of hydrogen-bond donors (Lipinski definition) is 1. The van der Waals surface area contributed by atoms with Gasteiger partial charge in [0.2, 0.25) is 10.0 Å². The first kappa shape index (κ1) is 24.0. The molecule has 1 saturated heterocycles. The summed E-state index contributed by atoms with van der Waals surface area (Å²) in [6, 6.07) is 11.7. The molecule has 8 nitrogen and oxygen atoms in total. The van der Waals surface area contributed by atoms with Crippen LogP contribution in [0, 0.1) is 0 Å². The highest BCUT2D eigenvalue weighted by molar-refractivity contribution is 7.89. The summed E-state index contributed by atoms with van der Waals surface area (Å²) in [4.78, 5) is 17.1. The molecule has 9 heteroatoms. The van der Waals surface area contributed by atoms with E-state index in [9.17, 15) is 13.2 Å². The van der Waals surface area contributed by atoms with Crippen molar-refractivity contribution in [2.75, 3.05) is 40.4 Å². The summed E-state index contributed by atoms with van der Waals surface area (Å²) >= 11 is 0.